The summed E-state index contributed by atoms with van der Waals surface area (Å²) >= 11 is 0. The number of rotatable bonds is 3. The molecule has 0 aliphatic rings. The highest BCUT2D eigenvalue weighted by molar-refractivity contribution is 5.79. The zero-order chi connectivity index (χ0) is 9.61. The van der Waals surface area contributed by atoms with Crippen LogP contribution in [0.3, 0.4) is 0 Å². The Kier molecular flexibility index (Phi) is 4.66. The van der Waals surface area contributed by atoms with E-state index in [4.69, 9.17) is 5.84 Å². The molecular weight excluding hydrogens is 152 g/mol. The van der Waals surface area contributed by atoms with Crippen LogP contribution in [0.2, 0.25) is 0 Å². The number of hydrazine groups is 1. The van der Waals surface area contributed by atoms with Crippen LogP contribution in [0.1, 0.15) is 34.1 Å². The summed E-state index contributed by atoms with van der Waals surface area (Å²) in [5.74, 6) is 5.93. The number of nitrogens with one attached hydrogen (secondary N) is 2. The second kappa shape index (κ2) is 4.98. The normalized spacial score (nSPS) is 12.9. The Morgan fingerprint density at radius 1 is 1.42 bits per heavy atom. The van der Waals surface area contributed by atoms with E-state index < -0.39 is 0 Å². The lowest BCUT2D eigenvalue weighted by Crippen LogP contribution is -2.51. The summed E-state index contributed by atoms with van der Waals surface area (Å²) < 4.78 is 0. The topological polar surface area (TPSA) is 62.4 Å². The minimum Gasteiger partial charge on any atom is -0.350 e. The zero-order valence-electron chi connectivity index (χ0n) is 8.44. The summed E-state index contributed by atoms with van der Waals surface area (Å²) in [7, 11) is 0. The first-order valence-electron chi connectivity index (χ1n) is 4.35. The first kappa shape index (κ1) is 11.2. The summed E-state index contributed by atoms with van der Waals surface area (Å²) in [4.78, 5) is 4.15. The fourth-order valence-corrected chi connectivity index (χ4v) is 0.688. The van der Waals surface area contributed by atoms with E-state index in [1.54, 1.807) is 0 Å². The molecule has 0 aliphatic carbocycles. The summed E-state index contributed by atoms with van der Waals surface area (Å²) in [6.45, 7) is 9.03. The predicted octanol–water partition coefficient (Wildman–Crippen LogP) is 0.604. The minimum absolute atomic E-state index is 0.0420. The molecular formula is C8H20N4. The molecule has 0 heterocycles. The van der Waals surface area contributed by atoms with Crippen molar-refractivity contribution >= 4 is 5.96 Å². The molecule has 4 N–H and O–H groups in total. The summed E-state index contributed by atoms with van der Waals surface area (Å²) in [5.41, 5.74) is 2.57. The maximum Gasteiger partial charge on any atom is 0.206 e. The third-order valence-corrected chi connectivity index (χ3v) is 1.79. The smallest absolute Gasteiger partial charge is 0.206 e. The lowest BCUT2D eigenvalue weighted by atomic mass is 10.0. The molecule has 0 aromatic rings. The van der Waals surface area contributed by atoms with Gasteiger partial charge in [0.15, 0.2) is 0 Å². The van der Waals surface area contributed by atoms with Crippen LogP contribution < -0.4 is 16.6 Å². The van der Waals surface area contributed by atoms with Crippen molar-refractivity contribution in [2.45, 2.75) is 39.7 Å². The van der Waals surface area contributed by atoms with Gasteiger partial charge < -0.3 is 5.32 Å². The minimum atomic E-state index is 0.0420. The van der Waals surface area contributed by atoms with Crippen molar-refractivity contribution in [1.29, 1.82) is 0 Å². The molecule has 0 amide bonds. The van der Waals surface area contributed by atoms with Crippen LogP contribution in [0.25, 0.3) is 0 Å². The standard InChI is InChI=1S/C8H20N4/c1-5-8(3,4)11-7(12-9)10-6-2/h5-6,9H2,1-4H3,(H2,10,11,12). The van der Waals surface area contributed by atoms with E-state index in [-0.39, 0.29) is 5.54 Å². The van der Waals surface area contributed by atoms with Crippen molar-refractivity contribution in [1.82, 2.24) is 10.7 Å². The molecule has 4 nitrogen and oxygen atoms in total. The van der Waals surface area contributed by atoms with Gasteiger partial charge in [-0.25, -0.2) is 5.84 Å². The molecule has 0 bridgehead atoms. The number of nitrogens with two attached hydrogens (primary N) is 1. The monoisotopic (exact) mass is 172 g/mol. The molecule has 0 aromatic carbocycles. The summed E-state index contributed by atoms with van der Waals surface area (Å²) in [6, 6.07) is 0. The Labute approximate surface area is 74.6 Å². The van der Waals surface area contributed by atoms with Crippen molar-refractivity contribution < 1.29 is 0 Å². The number of hydrogen-bond acceptors (Lipinski definition) is 2. The quantitative estimate of drug-likeness (QED) is 0.253. The van der Waals surface area contributed by atoms with Crippen molar-refractivity contribution in [2.24, 2.45) is 10.8 Å². The third kappa shape index (κ3) is 4.18. The highest BCUT2D eigenvalue weighted by atomic mass is 15.3. The van der Waals surface area contributed by atoms with E-state index >= 15 is 0 Å². The van der Waals surface area contributed by atoms with Crippen LogP contribution in [0.4, 0.5) is 0 Å². The highest BCUT2D eigenvalue weighted by Gasteiger charge is 2.15. The molecule has 0 saturated carbocycles. The van der Waals surface area contributed by atoms with Gasteiger partial charge >= 0.3 is 0 Å². The molecule has 0 rings (SSSR count). The highest BCUT2D eigenvalue weighted by Crippen LogP contribution is 2.05. The van der Waals surface area contributed by atoms with Gasteiger partial charge in [0, 0.05) is 12.1 Å². The molecule has 0 aromatic heterocycles. The Balaban J connectivity index is 4.11. The summed E-state index contributed by atoms with van der Waals surface area (Å²) in [6.07, 6.45) is 1.03. The fourth-order valence-electron chi connectivity index (χ4n) is 0.688. The fraction of sp³-hybridized carbons (Fsp3) is 0.875. The van der Waals surface area contributed by atoms with Crippen LogP contribution in [-0.4, -0.2) is 18.0 Å². The van der Waals surface area contributed by atoms with E-state index in [2.05, 4.69) is 36.5 Å². The molecule has 0 atom stereocenters. The predicted molar refractivity (Wildman–Crippen MR) is 52.8 cm³/mol. The maximum atomic E-state index is 5.28. The molecule has 0 aliphatic heterocycles. The van der Waals surface area contributed by atoms with E-state index in [1.807, 2.05) is 6.92 Å². The van der Waals surface area contributed by atoms with E-state index in [0.29, 0.717) is 5.96 Å². The van der Waals surface area contributed by atoms with E-state index in [9.17, 15) is 0 Å². The summed E-state index contributed by atoms with van der Waals surface area (Å²) in [5, 5.41) is 3.21. The maximum absolute atomic E-state index is 5.28. The van der Waals surface area contributed by atoms with Crippen molar-refractivity contribution in [3.8, 4) is 0 Å². The number of hydrogen-bond donors (Lipinski definition) is 3. The number of nitrogens with zero attached hydrogens (tertiary/aromatic N) is 1. The van der Waals surface area contributed by atoms with Crippen LogP contribution >= 0.6 is 0 Å². The van der Waals surface area contributed by atoms with Crippen molar-refractivity contribution in [3.05, 3.63) is 0 Å². The Hall–Kier alpha value is -0.770. The molecule has 0 unspecified atom stereocenters. The molecule has 12 heavy (non-hydrogen) atoms. The van der Waals surface area contributed by atoms with Gasteiger partial charge in [0.2, 0.25) is 5.96 Å². The Morgan fingerprint density at radius 3 is 2.33 bits per heavy atom. The molecule has 0 radical (unpaired) electrons. The molecule has 0 saturated heterocycles. The van der Waals surface area contributed by atoms with Gasteiger partial charge in [-0.3, -0.25) is 10.4 Å². The Bertz CT molecular complexity index is 151. The Morgan fingerprint density at radius 2 is 2.00 bits per heavy atom. The first-order valence-corrected chi connectivity index (χ1v) is 4.35. The van der Waals surface area contributed by atoms with Gasteiger partial charge in [-0.15, -0.1) is 0 Å². The second-order valence-corrected chi connectivity index (χ2v) is 3.33. The van der Waals surface area contributed by atoms with Gasteiger partial charge in [-0.05, 0) is 27.2 Å². The van der Waals surface area contributed by atoms with Crippen LogP contribution in [-0.2, 0) is 0 Å². The van der Waals surface area contributed by atoms with Crippen LogP contribution in [0.15, 0.2) is 4.99 Å². The number of guanidine groups is 1. The van der Waals surface area contributed by atoms with Crippen LogP contribution in [0, 0.1) is 0 Å². The molecule has 72 valence electrons. The SMILES string of the molecule is CCN=C(NN)NC(C)(C)CC. The van der Waals surface area contributed by atoms with Crippen molar-refractivity contribution in [3.63, 3.8) is 0 Å². The zero-order valence-corrected chi connectivity index (χ0v) is 8.44. The van der Waals surface area contributed by atoms with Gasteiger partial charge in [0.1, 0.15) is 0 Å². The van der Waals surface area contributed by atoms with Crippen molar-refractivity contribution in [2.75, 3.05) is 6.54 Å². The lowest BCUT2D eigenvalue weighted by Gasteiger charge is -2.26. The first-order chi connectivity index (χ1) is 5.55. The van der Waals surface area contributed by atoms with Gasteiger partial charge in [-0.1, -0.05) is 6.92 Å². The van der Waals surface area contributed by atoms with Gasteiger partial charge in [-0.2, -0.15) is 0 Å². The number of aliphatic imine (C=N–C) groups is 1. The van der Waals surface area contributed by atoms with Gasteiger partial charge in [0.05, 0.1) is 0 Å². The average molecular weight is 172 g/mol. The molecule has 0 spiro atoms. The lowest BCUT2D eigenvalue weighted by molar-refractivity contribution is 0.438. The van der Waals surface area contributed by atoms with E-state index in [1.165, 1.54) is 0 Å². The van der Waals surface area contributed by atoms with Crippen LogP contribution in [0.5, 0.6) is 0 Å². The second-order valence-electron chi connectivity index (χ2n) is 3.33. The molecule has 0 fully saturated rings. The average Bonchev–Trinajstić information content (AvgIpc) is 2.03. The third-order valence-electron chi connectivity index (χ3n) is 1.79. The van der Waals surface area contributed by atoms with E-state index in [0.717, 1.165) is 13.0 Å². The van der Waals surface area contributed by atoms with Gasteiger partial charge in [0.25, 0.3) is 0 Å². The molecule has 4 heteroatoms. The largest absolute Gasteiger partial charge is 0.350 e.